The minimum atomic E-state index is -0.403. The van der Waals surface area contributed by atoms with E-state index in [4.69, 9.17) is 18.0 Å². The number of benzene rings is 1. The number of anilines is 1. The third-order valence-corrected chi connectivity index (χ3v) is 3.14. The van der Waals surface area contributed by atoms with Gasteiger partial charge in [-0.1, -0.05) is 44.3 Å². The fraction of sp³-hybridized carbons (Fsp3) is 0.429. The predicted molar refractivity (Wildman–Crippen MR) is 79.6 cm³/mol. The molecule has 18 heavy (non-hydrogen) atoms. The van der Waals surface area contributed by atoms with Gasteiger partial charge in [0.1, 0.15) is 0 Å². The molecule has 0 radical (unpaired) electrons. The van der Waals surface area contributed by atoms with Crippen molar-refractivity contribution in [2.45, 2.75) is 20.8 Å². The lowest BCUT2D eigenvalue weighted by molar-refractivity contribution is -0.121. The zero-order valence-electron chi connectivity index (χ0n) is 11.1. The predicted octanol–water partition coefficient (Wildman–Crippen LogP) is 2.60. The molecule has 1 amide bonds. The summed E-state index contributed by atoms with van der Waals surface area (Å²) in [6.07, 6.45) is 0. The second kappa shape index (κ2) is 6.50. The normalized spacial score (nSPS) is 12.2. The molecule has 1 rings (SSSR count). The number of hydrogen-bond donors (Lipinski definition) is 1. The van der Waals surface area contributed by atoms with E-state index in [0.717, 1.165) is 5.69 Å². The maximum Gasteiger partial charge on any atom is 0.237 e. The average molecular weight is 264 g/mol. The second-order valence-electron chi connectivity index (χ2n) is 4.54. The largest absolute Gasteiger partial charge is 0.393 e. The Kier molecular flexibility index (Phi) is 5.28. The first kappa shape index (κ1) is 14.6. The Morgan fingerprint density at radius 2 is 1.89 bits per heavy atom. The van der Waals surface area contributed by atoms with Gasteiger partial charge in [0, 0.05) is 12.2 Å². The number of nitrogens with zero attached hydrogens (tertiary/aromatic N) is 1. The van der Waals surface area contributed by atoms with Crippen LogP contribution in [0.25, 0.3) is 0 Å². The van der Waals surface area contributed by atoms with Crippen LogP contribution in [0.3, 0.4) is 0 Å². The molecule has 4 heteroatoms. The van der Waals surface area contributed by atoms with Crippen molar-refractivity contribution in [3.63, 3.8) is 0 Å². The Bertz CT molecular complexity index is 417. The van der Waals surface area contributed by atoms with Crippen LogP contribution in [-0.2, 0) is 4.79 Å². The van der Waals surface area contributed by atoms with E-state index in [1.165, 1.54) is 0 Å². The van der Waals surface area contributed by atoms with Crippen molar-refractivity contribution < 1.29 is 4.79 Å². The van der Waals surface area contributed by atoms with E-state index in [2.05, 4.69) is 0 Å². The van der Waals surface area contributed by atoms with Crippen LogP contribution in [0.1, 0.15) is 20.8 Å². The van der Waals surface area contributed by atoms with Crippen LogP contribution >= 0.6 is 12.2 Å². The van der Waals surface area contributed by atoms with Crippen molar-refractivity contribution >= 4 is 28.8 Å². The lowest BCUT2D eigenvalue weighted by Gasteiger charge is -2.27. The van der Waals surface area contributed by atoms with Gasteiger partial charge in [-0.2, -0.15) is 0 Å². The summed E-state index contributed by atoms with van der Waals surface area (Å²) in [4.78, 5) is 14.5. The number of rotatable bonds is 5. The summed E-state index contributed by atoms with van der Waals surface area (Å²) in [6, 6.07) is 9.58. The maximum absolute atomic E-state index is 12.5. The molecule has 0 aliphatic heterocycles. The molecular weight excluding hydrogens is 244 g/mol. The van der Waals surface area contributed by atoms with Gasteiger partial charge in [-0.15, -0.1) is 0 Å². The highest BCUT2D eigenvalue weighted by Crippen LogP contribution is 2.20. The standard InChI is InChI=1S/C14H20N2OS/c1-4-16(11-8-6-5-7-9-11)14(17)12(10(2)3)13(15)18/h5-10,12H,4H2,1-3H3,(H2,15,18). The van der Waals surface area contributed by atoms with Crippen LogP contribution < -0.4 is 10.6 Å². The third kappa shape index (κ3) is 3.29. The number of carbonyl (C=O) groups is 1. The highest BCUT2D eigenvalue weighted by Gasteiger charge is 2.29. The van der Waals surface area contributed by atoms with E-state index in [-0.39, 0.29) is 16.8 Å². The quantitative estimate of drug-likeness (QED) is 0.832. The molecule has 1 aromatic carbocycles. The SMILES string of the molecule is CCN(C(=O)C(C(N)=S)C(C)C)c1ccccc1. The van der Waals surface area contributed by atoms with Gasteiger partial charge in [0.15, 0.2) is 0 Å². The van der Waals surface area contributed by atoms with Gasteiger partial charge in [-0.25, -0.2) is 0 Å². The first-order valence-electron chi connectivity index (χ1n) is 6.14. The molecule has 0 saturated carbocycles. The molecule has 0 aliphatic carbocycles. The molecule has 3 nitrogen and oxygen atoms in total. The molecule has 0 bridgehead atoms. The Labute approximate surface area is 114 Å². The Morgan fingerprint density at radius 1 is 1.33 bits per heavy atom. The molecule has 1 unspecified atom stereocenters. The monoisotopic (exact) mass is 264 g/mol. The molecule has 98 valence electrons. The summed E-state index contributed by atoms with van der Waals surface area (Å²) in [5.74, 6) is -0.320. The summed E-state index contributed by atoms with van der Waals surface area (Å²) < 4.78 is 0. The number of hydrogen-bond acceptors (Lipinski definition) is 2. The van der Waals surface area contributed by atoms with Gasteiger partial charge >= 0.3 is 0 Å². The van der Waals surface area contributed by atoms with Crippen molar-refractivity contribution in [2.75, 3.05) is 11.4 Å². The van der Waals surface area contributed by atoms with Gasteiger partial charge in [0.2, 0.25) is 5.91 Å². The fourth-order valence-electron chi connectivity index (χ4n) is 1.98. The molecule has 2 N–H and O–H groups in total. The maximum atomic E-state index is 12.5. The zero-order chi connectivity index (χ0) is 13.7. The molecule has 0 fully saturated rings. The van der Waals surface area contributed by atoms with Crippen LogP contribution in [0, 0.1) is 11.8 Å². The van der Waals surface area contributed by atoms with Crippen molar-refractivity contribution in [3.05, 3.63) is 30.3 Å². The first-order chi connectivity index (χ1) is 8.49. The van der Waals surface area contributed by atoms with Gasteiger partial charge in [-0.05, 0) is 25.0 Å². The smallest absolute Gasteiger partial charge is 0.237 e. The molecule has 1 atom stereocenters. The van der Waals surface area contributed by atoms with Crippen molar-refractivity contribution in [1.82, 2.24) is 0 Å². The van der Waals surface area contributed by atoms with Gasteiger partial charge in [-0.3, -0.25) is 4.79 Å². The van der Waals surface area contributed by atoms with E-state index < -0.39 is 5.92 Å². The summed E-state index contributed by atoms with van der Waals surface area (Å²) in [7, 11) is 0. The van der Waals surface area contributed by atoms with Crippen molar-refractivity contribution in [2.24, 2.45) is 17.6 Å². The van der Waals surface area contributed by atoms with Crippen LogP contribution in [0.5, 0.6) is 0 Å². The fourth-order valence-corrected chi connectivity index (χ4v) is 2.35. The van der Waals surface area contributed by atoms with Gasteiger partial charge < -0.3 is 10.6 Å². The topological polar surface area (TPSA) is 46.3 Å². The molecule has 0 heterocycles. The zero-order valence-corrected chi connectivity index (χ0v) is 11.9. The number of carbonyl (C=O) groups excluding carboxylic acids is 1. The number of amides is 1. The van der Waals surface area contributed by atoms with Crippen LogP contribution in [0.2, 0.25) is 0 Å². The Hall–Kier alpha value is -1.42. The summed E-state index contributed by atoms with van der Waals surface area (Å²) in [6.45, 7) is 6.47. The first-order valence-corrected chi connectivity index (χ1v) is 6.55. The lowest BCUT2D eigenvalue weighted by Crippen LogP contribution is -2.43. The number of thiocarbonyl (C=S) groups is 1. The van der Waals surface area contributed by atoms with E-state index >= 15 is 0 Å². The van der Waals surface area contributed by atoms with Crippen LogP contribution in [0.4, 0.5) is 5.69 Å². The summed E-state index contributed by atoms with van der Waals surface area (Å²) in [5, 5.41) is 0. The minimum absolute atomic E-state index is 0.0220. The molecule has 0 saturated heterocycles. The molecule has 0 aromatic heterocycles. The van der Waals surface area contributed by atoms with E-state index in [1.54, 1.807) is 4.90 Å². The van der Waals surface area contributed by atoms with E-state index in [0.29, 0.717) is 6.54 Å². The van der Waals surface area contributed by atoms with E-state index in [1.807, 2.05) is 51.1 Å². The van der Waals surface area contributed by atoms with Crippen molar-refractivity contribution in [1.29, 1.82) is 0 Å². The second-order valence-corrected chi connectivity index (χ2v) is 5.01. The summed E-state index contributed by atoms with van der Waals surface area (Å²) in [5.41, 5.74) is 6.57. The van der Waals surface area contributed by atoms with Crippen molar-refractivity contribution in [3.8, 4) is 0 Å². The molecule has 0 spiro atoms. The molecular formula is C14H20N2OS. The number of nitrogens with two attached hydrogens (primary N) is 1. The number of para-hydroxylation sites is 1. The minimum Gasteiger partial charge on any atom is -0.393 e. The Balaban J connectivity index is 3.02. The van der Waals surface area contributed by atoms with Gasteiger partial charge in [0.05, 0.1) is 10.9 Å². The summed E-state index contributed by atoms with van der Waals surface area (Å²) >= 11 is 5.02. The highest BCUT2D eigenvalue weighted by molar-refractivity contribution is 7.80. The van der Waals surface area contributed by atoms with Crippen LogP contribution in [-0.4, -0.2) is 17.4 Å². The third-order valence-electron chi connectivity index (χ3n) is 2.89. The Morgan fingerprint density at radius 3 is 2.28 bits per heavy atom. The average Bonchev–Trinajstić information content (AvgIpc) is 2.30. The van der Waals surface area contributed by atoms with E-state index in [9.17, 15) is 4.79 Å². The molecule has 0 aliphatic rings. The lowest BCUT2D eigenvalue weighted by atomic mass is 9.94. The molecule has 1 aromatic rings. The van der Waals surface area contributed by atoms with Crippen LogP contribution in [0.15, 0.2) is 30.3 Å². The highest BCUT2D eigenvalue weighted by atomic mass is 32.1. The van der Waals surface area contributed by atoms with Gasteiger partial charge in [0.25, 0.3) is 0 Å².